The Morgan fingerprint density at radius 3 is 2.57 bits per heavy atom. The molecule has 0 spiro atoms. The lowest BCUT2D eigenvalue weighted by Crippen LogP contribution is -2.37. The minimum atomic E-state index is -3.68. The topological polar surface area (TPSA) is 83.5 Å². The number of carbonyl (C=O) groups is 1. The van der Waals surface area contributed by atoms with Crippen molar-refractivity contribution in [3.8, 4) is 0 Å². The first kappa shape index (κ1) is 11.5. The van der Waals surface area contributed by atoms with Crippen LogP contribution in [0.3, 0.4) is 0 Å². The summed E-state index contributed by atoms with van der Waals surface area (Å²) in [4.78, 5) is 10.4. The Kier molecular flexibility index (Phi) is 3.49. The Morgan fingerprint density at radius 2 is 2.14 bits per heavy atom. The molecule has 14 heavy (non-hydrogen) atoms. The zero-order chi connectivity index (χ0) is 10.8. The lowest BCUT2D eigenvalue weighted by Gasteiger charge is -2.09. The molecule has 0 amide bonds. The SMILES string of the molecule is CC(C(=O)O)S(=O)(=O)NCCC1CC1. The predicted octanol–water partition coefficient (Wildman–Crippen LogP) is 0.179. The molecule has 1 fully saturated rings. The van der Waals surface area contributed by atoms with Gasteiger partial charge in [-0.1, -0.05) is 12.8 Å². The lowest BCUT2D eigenvalue weighted by atomic mass is 10.3. The van der Waals surface area contributed by atoms with Crippen LogP contribution in [0.2, 0.25) is 0 Å². The Bertz CT molecular complexity index is 307. The molecule has 1 atom stereocenters. The number of rotatable bonds is 6. The molecule has 0 aliphatic heterocycles. The maximum atomic E-state index is 11.3. The normalized spacial score (nSPS) is 19.2. The molecule has 1 aliphatic carbocycles. The van der Waals surface area contributed by atoms with Crippen molar-refractivity contribution in [1.82, 2.24) is 4.72 Å². The van der Waals surface area contributed by atoms with Gasteiger partial charge in [0.15, 0.2) is 5.25 Å². The van der Waals surface area contributed by atoms with E-state index in [1.807, 2.05) is 0 Å². The fourth-order valence-electron chi connectivity index (χ4n) is 1.07. The van der Waals surface area contributed by atoms with Crippen LogP contribution in [-0.2, 0) is 14.8 Å². The minimum absolute atomic E-state index is 0.352. The van der Waals surface area contributed by atoms with Crippen molar-refractivity contribution in [3.05, 3.63) is 0 Å². The van der Waals surface area contributed by atoms with Crippen molar-refractivity contribution >= 4 is 16.0 Å². The van der Waals surface area contributed by atoms with E-state index in [0.717, 1.165) is 19.3 Å². The van der Waals surface area contributed by atoms with Gasteiger partial charge in [-0.05, 0) is 19.3 Å². The summed E-state index contributed by atoms with van der Waals surface area (Å²) in [6.45, 7) is 1.52. The smallest absolute Gasteiger partial charge is 0.323 e. The molecule has 0 saturated heterocycles. The molecule has 1 rings (SSSR count). The van der Waals surface area contributed by atoms with Crippen molar-refractivity contribution in [3.63, 3.8) is 0 Å². The van der Waals surface area contributed by atoms with Gasteiger partial charge in [-0.15, -0.1) is 0 Å². The van der Waals surface area contributed by atoms with Gasteiger partial charge >= 0.3 is 5.97 Å². The standard InChI is InChI=1S/C8H15NO4S/c1-6(8(10)11)14(12,13)9-5-4-7-2-3-7/h6-7,9H,2-5H2,1H3,(H,10,11). The number of carboxylic acid groups (broad SMARTS) is 1. The highest BCUT2D eigenvalue weighted by Crippen LogP contribution is 2.31. The van der Waals surface area contributed by atoms with E-state index < -0.39 is 21.2 Å². The Balaban J connectivity index is 2.35. The van der Waals surface area contributed by atoms with E-state index in [1.165, 1.54) is 6.92 Å². The van der Waals surface area contributed by atoms with E-state index in [-0.39, 0.29) is 0 Å². The maximum Gasteiger partial charge on any atom is 0.323 e. The van der Waals surface area contributed by atoms with E-state index in [4.69, 9.17) is 5.11 Å². The molecule has 6 heteroatoms. The van der Waals surface area contributed by atoms with Crippen molar-refractivity contribution in [2.75, 3.05) is 6.54 Å². The van der Waals surface area contributed by atoms with Crippen molar-refractivity contribution in [2.45, 2.75) is 31.4 Å². The second-order valence-corrected chi connectivity index (χ2v) is 5.74. The van der Waals surface area contributed by atoms with Crippen LogP contribution in [-0.4, -0.2) is 31.3 Å². The van der Waals surface area contributed by atoms with Gasteiger partial charge in [0.05, 0.1) is 0 Å². The van der Waals surface area contributed by atoms with E-state index in [9.17, 15) is 13.2 Å². The first-order valence-electron chi connectivity index (χ1n) is 4.65. The number of hydrogen-bond donors (Lipinski definition) is 2. The van der Waals surface area contributed by atoms with Gasteiger partial charge < -0.3 is 5.11 Å². The van der Waals surface area contributed by atoms with Gasteiger partial charge in [0.2, 0.25) is 10.0 Å². The summed E-state index contributed by atoms with van der Waals surface area (Å²) in [5, 5.41) is 7.15. The molecule has 1 unspecified atom stereocenters. The quantitative estimate of drug-likeness (QED) is 0.670. The molecule has 1 aliphatic rings. The van der Waals surface area contributed by atoms with Crippen LogP contribution < -0.4 is 4.72 Å². The number of carboxylic acids is 1. The van der Waals surface area contributed by atoms with Crippen LogP contribution in [0.25, 0.3) is 0 Å². The van der Waals surface area contributed by atoms with Crippen molar-refractivity contribution < 1.29 is 18.3 Å². The zero-order valence-electron chi connectivity index (χ0n) is 8.06. The zero-order valence-corrected chi connectivity index (χ0v) is 8.88. The molecule has 0 aromatic carbocycles. The highest BCUT2D eigenvalue weighted by molar-refractivity contribution is 7.90. The average molecular weight is 221 g/mol. The highest BCUT2D eigenvalue weighted by atomic mass is 32.2. The van der Waals surface area contributed by atoms with Gasteiger partial charge in [-0.25, -0.2) is 13.1 Å². The molecule has 82 valence electrons. The van der Waals surface area contributed by atoms with Crippen molar-refractivity contribution in [1.29, 1.82) is 0 Å². The average Bonchev–Trinajstić information content (AvgIpc) is 2.86. The summed E-state index contributed by atoms with van der Waals surface area (Å²) in [6, 6.07) is 0. The summed E-state index contributed by atoms with van der Waals surface area (Å²) in [5.74, 6) is -0.679. The number of aliphatic carboxylic acids is 1. The molecule has 0 heterocycles. The van der Waals surface area contributed by atoms with Gasteiger partial charge in [-0.2, -0.15) is 0 Å². The lowest BCUT2D eigenvalue weighted by molar-refractivity contribution is -0.136. The molecular weight excluding hydrogens is 206 g/mol. The maximum absolute atomic E-state index is 11.3. The summed E-state index contributed by atoms with van der Waals surface area (Å²) in [7, 11) is -3.68. The molecule has 0 bridgehead atoms. The van der Waals surface area contributed by atoms with Crippen molar-refractivity contribution in [2.24, 2.45) is 5.92 Å². The second-order valence-electron chi connectivity index (χ2n) is 3.65. The fourth-order valence-corrected chi connectivity index (χ4v) is 1.99. The van der Waals surface area contributed by atoms with Crippen LogP contribution >= 0.6 is 0 Å². The van der Waals surface area contributed by atoms with Crippen LogP contribution in [0.5, 0.6) is 0 Å². The molecule has 2 N–H and O–H groups in total. The molecule has 0 aromatic rings. The monoisotopic (exact) mass is 221 g/mol. The van der Waals surface area contributed by atoms with E-state index in [2.05, 4.69) is 4.72 Å². The third-order valence-corrected chi connectivity index (χ3v) is 4.11. The largest absolute Gasteiger partial charge is 0.480 e. The molecule has 1 saturated carbocycles. The van der Waals surface area contributed by atoms with E-state index in [0.29, 0.717) is 12.5 Å². The molecule has 5 nitrogen and oxygen atoms in total. The number of hydrogen-bond acceptors (Lipinski definition) is 3. The second kappa shape index (κ2) is 4.27. The molecular formula is C8H15NO4S. The first-order chi connectivity index (χ1) is 6.43. The van der Waals surface area contributed by atoms with Gasteiger partial charge in [0.1, 0.15) is 0 Å². The van der Waals surface area contributed by atoms with Gasteiger partial charge in [0, 0.05) is 6.54 Å². The summed E-state index contributed by atoms with van der Waals surface area (Å²) < 4.78 is 24.9. The Labute approximate surface area is 83.6 Å². The number of nitrogens with one attached hydrogen (secondary N) is 1. The summed E-state index contributed by atoms with van der Waals surface area (Å²) in [6.07, 6.45) is 3.14. The Morgan fingerprint density at radius 1 is 1.57 bits per heavy atom. The third-order valence-electron chi connectivity index (χ3n) is 2.37. The Hall–Kier alpha value is -0.620. The summed E-state index contributed by atoms with van der Waals surface area (Å²) in [5.41, 5.74) is 0. The van der Waals surface area contributed by atoms with Crippen LogP contribution in [0.4, 0.5) is 0 Å². The molecule has 0 aromatic heterocycles. The molecule has 0 radical (unpaired) electrons. The van der Waals surface area contributed by atoms with Crippen LogP contribution in [0.15, 0.2) is 0 Å². The van der Waals surface area contributed by atoms with E-state index in [1.54, 1.807) is 0 Å². The van der Waals surface area contributed by atoms with Gasteiger partial charge in [-0.3, -0.25) is 4.79 Å². The minimum Gasteiger partial charge on any atom is -0.480 e. The van der Waals surface area contributed by atoms with Crippen LogP contribution in [0, 0.1) is 5.92 Å². The third kappa shape index (κ3) is 3.26. The first-order valence-corrected chi connectivity index (χ1v) is 6.19. The van der Waals surface area contributed by atoms with Gasteiger partial charge in [0.25, 0.3) is 0 Å². The number of sulfonamides is 1. The van der Waals surface area contributed by atoms with E-state index >= 15 is 0 Å². The van der Waals surface area contributed by atoms with Crippen LogP contribution in [0.1, 0.15) is 26.2 Å². The highest BCUT2D eigenvalue weighted by Gasteiger charge is 2.28. The predicted molar refractivity (Wildman–Crippen MR) is 51.4 cm³/mol. The fraction of sp³-hybridized carbons (Fsp3) is 0.875. The summed E-state index contributed by atoms with van der Waals surface area (Å²) >= 11 is 0.